The number of aromatic amines is 1. The third-order valence-electron chi connectivity index (χ3n) is 7.25. The fraction of sp³-hybridized carbons (Fsp3) is 0.125. The van der Waals surface area contributed by atoms with Crippen LogP contribution >= 0.6 is 11.6 Å². The van der Waals surface area contributed by atoms with Gasteiger partial charge in [0.05, 0.1) is 11.7 Å². The topological polar surface area (TPSA) is 76.7 Å². The lowest BCUT2D eigenvalue weighted by atomic mass is 9.96. The summed E-state index contributed by atoms with van der Waals surface area (Å²) in [5.41, 5.74) is 5.90. The van der Waals surface area contributed by atoms with E-state index in [9.17, 15) is 4.79 Å². The van der Waals surface area contributed by atoms with Crippen LogP contribution in [0.2, 0.25) is 5.02 Å². The summed E-state index contributed by atoms with van der Waals surface area (Å²) < 4.78 is 17.1. The number of hydrogen-bond acceptors (Lipinski definition) is 5. The van der Waals surface area contributed by atoms with Gasteiger partial charge in [0.25, 0.3) is 5.91 Å². The number of halogens is 1. The number of hydrogen-bond donors (Lipinski definition) is 1. The van der Waals surface area contributed by atoms with Crippen molar-refractivity contribution in [2.45, 2.75) is 19.2 Å². The molecule has 3 heterocycles. The van der Waals surface area contributed by atoms with Gasteiger partial charge < -0.3 is 19.1 Å². The van der Waals surface area contributed by atoms with Gasteiger partial charge in [-0.05, 0) is 41.5 Å². The molecule has 4 aromatic carbocycles. The van der Waals surface area contributed by atoms with E-state index in [0.717, 1.165) is 33.5 Å². The summed E-state index contributed by atoms with van der Waals surface area (Å²) in [4.78, 5) is 15.7. The van der Waals surface area contributed by atoms with Crippen LogP contribution in [0.15, 0.2) is 97.1 Å². The van der Waals surface area contributed by atoms with Crippen LogP contribution in [0.4, 0.5) is 0 Å². The molecule has 1 unspecified atom stereocenters. The van der Waals surface area contributed by atoms with Crippen molar-refractivity contribution in [2.75, 3.05) is 6.79 Å². The molecular weight excluding hydrogens is 526 g/mol. The summed E-state index contributed by atoms with van der Waals surface area (Å²) in [5.74, 6) is 2.00. The lowest BCUT2D eigenvalue weighted by Gasteiger charge is -2.27. The fourth-order valence-corrected chi connectivity index (χ4v) is 5.47. The Balaban J connectivity index is 1.23. The van der Waals surface area contributed by atoms with Gasteiger partial charge in [0.2, 0.25) is 6.79 Å². The first kappa shape index (κ1) is 24.3. The molecule has 0 fully saturated rings. The van der Waals surface area contributed by atoms with Crippen molar-refractivity contribution in [2.24, 2.45) is 0 Å². The highest BCUT2D eigenvalue weighted by molar-refractivity contribution is 6.31. The van der Waals surface area contributed by atoms with Gasteiger partial charge in [-0.25, -0.2) is 0 Å². The maximum atomic E-state index is 13.8. The van der Waals surface area contributed by atoms with Crippen LogP contribution in [0.5, 0.6) is 17.2 Å². The Labute approximate surface area is 235 Å². The molecule has 0 radical (unpaired) electrons. The van der Waals surface area contributed by atoms with Crippen LogP contribution in [0, 0.1) is 0 Å². The number of amides is 1. The smallest absolute Gasteiger partial charge is 0.273 e. The Morgan fingerprint density at radius 2 is 1.70 bits per heavy atom. The van der Waals surface area contributed by atoms with Crippen molar-refractivity contribution >= 4 is 17.5 Å². The van der Waals surface area contributed by atoms with E-state index in [1.807, 2.05) is 102 Å². The number of nitrogens with one attached hydrogen (secondary N) is 1. The lowest BCUT2D eigenvalue weighted by molar-refractivity contribution is 0.0730. The molecule has 0 bridgehead atoms. The van der Waals surface area contributed by atoms with E-state index in [1.54, 1.807) is 0 Å². The van der Waals surface area contributed by atoms with Crippen LogP contribution in [0.25, 0.3) is 11.3 Å². The number of fused-ring (bicyclic) bond motifs is 2. The Kier molecular flexibility index (Phi) is 6.13. The molecule has 8 heteroatoms. The van der Waals surface area contributed by atoms with Gasteiger partial charge in [-0.15, -0.1) is 0 Å². The molecule has 1 aromatic heterocycles. The van der Waals surface area contributed by atoms with Crippen LogP contribution in [-0.2, 0) is 13.2 Å². The van der Waals surface area contributed by atoms with Crippen molar-refractivity contribution < 1.29 is 19.0 Å². The number of nitrogens with zero attached hydrogens (tertiary/aromatic N) is 2. The number of carbonyl (C=O) groups excluding carboxylic acids is 1. The van der Waals surface area contributed by atoms with E-state index in [0.29, 0.717) is 41.1 Å². The van der Waals surface area contributed by atoms with E-state index in [2.05, 4.69) is 10.2 Å². The summed E-state index contributed by atoms with van der Waals surface area (Å²) in [7, 11) is 0. The van der Waals surface area contributed by atoms with Gasteiger partial charge >= 0.3 is 0 Å². The van der Waals surface area contributed by atoms with Gasteiger partial charge in [0.1, 0.15) is 18.1 Å². The predicted molar refractivity (Wildman–Crippen MR) is 151 cm³/mol. The third kappa shape index (κ3) is 4.34. The monoisotopic (exact) mass is 549 g/mol. The normalized spacial score (nSPS) is 15.4. The van der Waals surface area contributed by atoms with Crippen molar-refractivity contribution in [3.8, 4) is 28.5 Å². The first-order chi connectivity index (χ1) is 19.7. The van der Waals surface area contributed by atoms with E-state index < -0.39 is 0 Å². The van der Waals surface area contributed by atoms with E-state index in [-0.39, 0.29) is 18.7 Å². The Morgan fingerprint density at radius 1 is 0.925 bits per heavy atom. The Bertz CT molecular complexity index is 1700. The maximum Gasteiger partial charge on any atom is 0.273 e. The molecule has 0 saturated heterocycles. The van der Waals surface area contributed by atoms with E-state index in [4.69, 9.17) is 25.8 Å². The van der Waals surface area contributed by atoms with Gasteiger partial charge in [-0.1, -0.05) is 78.3 Å². The summed E-state index contributed by atoms with van der Waals surface area (Å²) in [6.45, 7) is 0.953. The van der Waals surface area contributed by atoms with Gasteiger partial charge in [-0.2, -0.15) is 5.10 Å². The molecule has 7 rings (SSSR count). The van der Waals surface area contributed by atoms with E-state index >= 15 is 0 Å². The fourth-order valence-electron chi connectivity index (χ4n) is 5.28. The first-order valence-corrected chi connectivity index (χ1v) is 13.3. The number of H-pyrrole nitrogens is 1. The number of benzene rings is 4. The molecule has 2 aliphatic rings. The van der Waals surface area contributed by atoms with Gasteiger partial charge in [-0.3, -0.25) is 9.89 Å². The number of carbonyl (C=O) groups is 1. The van der Waals surface area contributed by atoms with Crippen molar-refractivity contribution in [3.63, 3.8) is 0 Å². The average Bonchev–Trinajstić information content (AvgIpc) is 3.70. The maximum absolute atomic E-state index is 13.8. The zero-order chi connectivity index (χ0) is 27.1. The molecule has 0 saturated carbocycles. The zero-order valence-electron chi connectivity index (χ0n) is 21.3. The van der Waals surface area contributed by atoms with Crippen molar-refractivity contribution in [1.29, 1.82) is 0 Å². The van der Waals surface area contributed by atoms with Crippen molar-refractivity contribution in [1.82, 2.24) is 15.1 Å². The molecule has 0 aliphatic carbocycles. The number of ether oxygens (including phenoxy) is 3. The highest BCUT2D eigenvalue weighted by atomic mass is 35.5. The highest BCUT2D eigenvalue weighted by Crippen LogP contribution is 2.44. The lowest BCUT2D eigenvalue weighted by Crippen LogP contribution is -2.29. The third-order valence-corrected chi connectivity index (χ3v) is 7.62. The van der Waals surface area contributed by atoms with Crippen LogP contribution in [-0.4, -0.2) is 27.8 Å². The second-order valence-electron chi connectivity index (χ2n) is 9.70. The predicted octanol–water partition coefficient (Wildman–Crippen LogP) is 6.78. The molecule has 1 atom stereocenters. The second kappa shape index (κ2) is 10.1. The average molecular weight is 550 g/mol. The molecule has 40 heavy (non-hydrogen) atoms. The van der Waals surface area contributed by atoms with Crippen LogP contribution < -0.4 is 14.2 Å². The number of rotatable bonds is 7. The molecule has 5 aromatic rings. The highest BCUT2D eigenvalue weighted by Gasteiger charge is 2.42. The largest absolute Gasteiger partial charge is 0.489 e. The molecule has 7 nitrogen and oxygen atoms in total. The first-order valence-electron chi connectivity index (χ1n) is 12.9. The molecule has 198 valence electrons. The minimum atomic E-state index is -0.348. The summed E-state index contributed by atoms with van der Waals surface area (Å²) in [5, 5.41) is 8.26. The zero-order valence-corrected chi connectivity index (χ0v) is 22.1. The standard InChI is InChI=1S/C32H24ClN3O4/c33-25-9-5-4-8-23(25)18-38-24-13-11-22(12-14-24)31-28-29(21-6-2-1-3-7-21)34-35-30(28)32(37)36(31)17-20-10-15-26-27(16-20)40-19-39-26/h1-16,31H,17-19H2,(H,34,35). The summed E-state index contributed by atoms with van der Waals surface area (Å²) >= 11 is 6.29. The molecule has 1 amide bonds. The van der Waals surface area contributed by atoms with Crippen molar-refractivity contribution in [3.05, 3.63) is 130 Å². The summed E-state index contributed by atoms with van der Waals surface area (Å²) in [6, 6.07) is 30.8. The van der Waals surface area contributed by atoms with Crippen LogP contribution in [0.3, 0.4) is 0 Å². The molecule has 2 aliphatic heterocycles. The van der Waals surface area contributed by atoms with E-state index in [1.165, 1.54) is 0 Å². The van der Waals surface area contributed by atoms with Crippen LogP contribution in [0.1, 0.15) is 38.8 Å². The van der Waals surface area contributed by atoms with Gasteiger partial charge in [0.15, 0.2) is 11.5 Å². The summed E-state index contributed by atoms with van der Waals surface area (Å²) in [6.07, 6.45) is 0. The minimum Gasteiger partial charge on any atom is -0.489 e. The second-order valence-corrected chi connectivity index (χ2v) is 10.1. The molecular formula is C32H24ClN3O4. The number of aromatic nitrogens is 2. The minimum absolute atomic E-state index is 0.105. The van der Waals surface area contributed by atoms with Gasteiger partial charge in [0, 0.05) is 28.3 Å². The molecule has 1 N–H and O–H groups in total. The Hall–Kier alpha value is -4.75. The Morgan fingerprint density at radius 3 is 2.52 bits per heavy atom. The SMILES string of the molecule is O=C1c2[nH]nc(-c3ccccc3)c2C(c2ccc(OCc3ccccc3Cl)cc2)N1Cc1ccc2c(c1)OCO2. The molecule has 0 spiro atoms. The quantitative estimate of drug-likeness (QED) is 0.242.